The Bertz CT molecular complexity index is 1530. The largest absolute Gasteiger partial charge is 0.465 e. The van der Waals surface area contributed by atoms with Crippen molar-refractivity contribution in [2.24, 2.45) is 0 Å². The summed E-state index contributed by atoms with van der Waals surface area (Å²) in [6.45, 7) is 7.90. The molecule has 1 atom stereocenters. The van der Waals surface area contributed by atoms with Gasteiger partial charge in [0.1, 0.15) is 22.8 Å². The van der Waals surface area contributed by atoms with Crippen molar-refractivity contribution in [1.29, 1.82) is 0 Å². The lowest BCUT2D eigenvalue weighted by molar-refractivity contribution is -0.142. The van der Waals surface area contributed by atoms with Gasteiger partial charge in [-0.25, -0.2) is 13.8 Å². The molecule has 0 spiro atoms. The Morgan fingerprint density at radius 2 is 1.68 bits per heavy atom. The predicted molar refractivity (Wildman–Crippen MR) is 178 cm³/mol. The van der Waals surface area contributed by atoms with E-state index in [4.69, 9.17) is 44.3 Å². The van der Waals surface area contributed by atoms with Gasteiger partial charge in [-0.15, -0.1) is 28.3 Å². The second kappa shape index (κ2) is 19.7. The fourth-order valence-corrected chi connectivity index (χ4v) is 5.26. The zero-order chi connectivity index (χ0) is 35.3. The Balaban J connectivity index is 0.000000335. The smallest absolute Gasteiger partial charge is 0.355 e. The summed E-state index contributed by atoms with van der Waals surface area (Å²) in [5.74, 6) is -1.99. The van der Waals surface area contributed by atoms with Gasteiger partial charge in [0.2, 0.25) is 5.91 Å². The molecule has 47 heavy (non-hydrogen) atoms. The number of anilines is 1. The molecule has 0 radical (unpaired) electrons. The highest BCUT2D eigenvalue weighted by molar-refractivity contribution is 6.32. The van der Waals surface area contributed by atoms with Crippen LogP contribution in [-0.2, 0) is 38.3 Å². The summed E-state index contributed by atoms with van der Waals surface area (Å²) in [7, 11) is 0. The van der Waals surface area contributed by atoms with Crippen LogP contribution in [0.25, 0.3) is 5.69 Å². The lowest BCUT2D eigenvalue weighted by Gasteiger charge is -2.27. The molecule has 260 valence electrons. The van der Waals surface area contributed by atoms with Crippen molar-refractivity contribution in [2.45, 2.75) is 72.2 Å². The summed E-state index contributed by atoms with van der Waals surface area (Å²) in [6.07, 6.45) is 2.65. The molecular weight excluding hydrogens is 684 g/mol. The van der Waals surface area contributed by atoms with Gasteiger partial charge in [-0.1, -0.05) is 50.6 Å². The average Bonchev–Trinajstić information content (AvgIpc) is 3.35. The van der Waals surface area contributed by atoms with Crippen molar-refractivity contribution < 1.29 is 32.2 Å². The number of carbonyl (C=O) groups excluding carboxylic acids is 2. The van der Waals surface area contributed by atoms with Crippen molar-refractivity contribution in [1.82, 2.24) is 14.3 Å². The van der Waals surface area contributed by atoms with Crippen LogP contribution in [0.15, 0.2) is 35.1 Å². The van der Waals surface area contributed by atoms with Crippen LogP contribution in [0.2, 0.25) is 5.02 Å². The zero-order valence-corrected chi connectivity index (χ0v) is 29.3. The van der Waals surface area contributed by atoms with Crippen LogP contribution in [0.5, 0.6) is 0 Å². The first-order valence-electron chi connectivity index (χ1n) is 15.2. The van der Waals surface area contributed by atoms with Gasteiger partial charge in [0.05, 0.1) is 18.9 Å². The Labute approximate surface area is 287 Å². The Kier molecular flexibility index (Phi) is 16.8. The lowest BCUT2D eigenvalue weighted by atomic mass is 10.0. The maximum absolute atomic E-state index is 14.2. The number of para-hydroxylation sites is 1. The van der Waals surface area contributed by atoms with Crippen LogP contribution in [0, 0.1) is 12.7 Å². The van der Waals surface area contributed by atoms with Crippen molar-refractivity contribution >= 4 is 52.4 Å². The highest BCUT2D eigenvalue weighted by Gasteiger charge is 2.24. The average molecular weight is 724 g/mol. The molecule has 1 aromatic heterocycles. The topological polar surface area (TPSA) is 95.7 Å². The van der Waals surface area contributed by atoms with E-state index in [1.54, 1.807) is 11.8 Å². The maximum Gasteiger partial charge on any atom is 0.355 e. The second-order valence-corrected chi connectivity index (χ2v) is 11.3. The molecule has 3 rings (SSSR count). The number of amides is 1. The highest BCUT2D eigenvalue weighted by atomic mass is 35.5. The van der Waals surface area contributed by atoms with Crippen molar-refractivity contribution in [3.05, 3.63) is 74.2 Å². The molecule has 0 aliphatic rings. The number of esters is 1. The number of hydrogen-bond acceptors (Lipinski definition) is 6. The van der Waals surface area contributed by atoms with Crippen LogP contribution in [0.4, 0.5) is 18.9 Å². The molecule has 0 fully saturated rings. The van der Waals surface area contributed by atoms with E-state index in [2.05, 4.69) is 44.1 Å². The lowest BCUT2D eigenvalue weighted by Crippen LogP contribution is -2.36. The monoisotopic (exact) mass is 722 g/mol. The SMILES string of the molecule is CCCOCCN(C(=O)CCl)c1c(CC)cccc1CC.CCOC(=O)C(Cl)Cc1cc(-n2nc(C)n(C(F)F)c2=O)c(F)cc1Cl. The number of rotatable bonds is 15. The first-order valence-corrected chi connectivity index (χ1v) is 16.5. The Morgan fingerprint density at radius 3 is 2.19 bits per heavy atom. The fraction of sp³-hybridized carbons (Fsp3) is 0.500. The molecule has 1 heterocycles. The predicted octanol–water partition coefficient (Wildman–Crippen LogP) is 7.05. The van der Waals surface area contributed by atoms with E-state index < -0.39 is 29.4 Å². The summed E-state index contributed by atoms with van der Waals surface area (Å²) in [6, 6.07) is 8.24. The molecule has 0 aliphatic carbocycles. The minimum atomic E-state index is -3.12. The molecule has 0 saturated carbocycles. The number of alkyl halides is 4. The Morgan fingerprint density at radius 1 is 1.04 bits per heavy atom. The number of ether oxygens (including phenoxy) is 2. The van der Waals surface area contributed by atoms with E-state index in [0.29, 0.717) is 17.8 Å². The maximum atomic E-state index is 14.2. The molecular formula is C32H40Cl3F3N4O5. The van der Waals surface area contributed by atoms with E-state index in [1.807, 2.05) is 0 Å². The van der Waals surface area contributed by atoms with E-state index in [9.17, 15) is 27.6 Å². The molecule has 0 saturated heterocycles. The second-order valence-electron chi connectivity index (χ2n) is 10.1. The molecule has 9 nitrogen and oxygen atoms in total. The minimum Gasteiger partial charge on any atom is -0.465 e. The van der Waals surface area contributed by atoms with Gasteiger partial charge in [0.25, 0.3) is 0 Å². The van der Waals surface area contributed by atoms with Crippen LogP contribution in [0.1, 0.15) is 63.2 Å². The standard InChI is InChI=1S/C17H26ClNO2.C15H14Cl2F3N3O3/c1-4-11-21-12-10-19(16(20)13-18)17-14(5-2)8-7-9-15(17)6-3;1-3-26-13(24)10(17)4-8-5-12(11(18)6-9(8)16)23-15(25)22(14(19)20)7(2)21-23/h7-9H,4-6,10-13H2,1-3H3;5-6,10,14H,3-4H2,1-2H3. The molecule has 1 amide bonds. The molecule has 0 aliphatic heterocycles. The number of hydrogen-bond donors (Lipinski definition) is 0. The van der Waals surface area contributed by atoms with Crippen LogP contribution in [0.3, 0.4) is 0 Å². The van der Waals surface area contributed by atoms with Gasteiger partial charge in [-0.3, -0.25) is 9.59 Å². The summed E-state index contributed by atoms with van der Waals surface area (Å²) in [4.78, 5) is 37.8. The number of aryl methyl sites for hydroxylation is 3. The number of carbonyl (C=O) groups is 2. The molecule has 0 N–H and O–H groups in total. The zero-order valence-electron chi connectivity index (χ0n) is 27.0. The summed E-state index contributed by atoms with van der Waals surface area (Å²) < 4.78 is 51.0. The van der Waals surface area contributed by atoms with Crippen molar-refractivity contribution in [3.63, 3.8) is 0 Å². The van der Waals surface area contributed by atoms with E-state index >= 15 is 0 Å². The first kappa shape index (κ1) is 40.1. The van der Waals surface area contributed by atoms with E-state index in [-0.39, 0.29) is 51.5 Å². The van der Waals surface area contributed by atoms with Gasteiger partial charge < -0.3 is 14.4 Å². The number of aromatic nitrogens is 3. The van der Waals surface area contributed by atoms with Crippen molar-refractivity contribution in [2.75, 3.05) is 37.1 Å². The summed E-state index contributed by atoms with van der Waals surface area (Å²) >= 11 is 17.7. The number of benzene rings is 2. The van der Waals surface area contributed by atoms with Crippen LogP contribution >= 0.6 is 34.8 Å². The van der Waals surface area contributed by atoms with Crippen molar-refractivity contribution in [3.8, 4) is 5.69 Å². The van der Waals surface area contributed by atoms with E-state index in [0.717, 1.165) is 43.7 Å². The van der Waals surface area contributed by atoms with Gasteiger partial charge in [-0.05, 0) is 61.9 Å². The number of nitrogens with zero attached hydrogens (tertiary/aromatic N) is 4. The van der Waals surface area contributed by atoms with Gasteiger partial charge in [0, 0.05) is 24.6 Å². The molecule has 1 unspecified atom stereocenters. The van der Waals surface area contributed by atoms with Gasteiger partial charge in [0.15, 0.2) is 5.82 Å². The van der Waals surface area contributed by atoms with Crippen LogP contribution < -0.4 is 10.6 Å². The normalized spacial score (nSPS) is 11.7. The summed E-state index contributed by atoms with van der Waals surface area (Å²) in [5.41, 5.74) is 2.02. The number of halogens is 6. The third-order valence-corrected chi connectivity index (χ3v) is 7.83. The van der Waals surface area contributed by atoms with E-state index in [1.165, 1.54) is 18.1 Å². The third kappa shape index (κ3) is 10.7. The molecule has 15 heteroatoms. The van der Waals surface area contributed by atoms with Gasteiger partial charge >= 0.3 is 18.2 Å². The quantitative estimate of drug-likeness (QED) is 0.0948. The third-order valence-electron chi connectivity index (χ3n) is 6.92. The first-order chi connectivity index (χ1) is 22.4. The van der Waals surface area contributed by atoms with Gasteiger partial charge in [-0.2, -0.15) is 13.5 Å². The minimum absolute atomic E-state index is 0.00498. The molecule has 2 aromatic carbocycles. The fourth-order valence-electron chi connectivity index (χ4n) is 4.66. The molecule has 0 bridgehead atoms. The molecule has 3 aromatic rings. The Hall–Kier alpha value is -3.06. The summed E-state index contributed by atoms with van der Waals surface area (Å²) in [5, 5.41) is 2.52. The highest BCUT2D eigenvalue weighted by Crippen LogP contribution is 2.28. The van der Waals surface area contributed by atoms with Crippen LogP contribution in [-0.4, -0.2) is 63.8 Å².